The largest absolute Gasteiger partial charge is 0.462 e. The van der Waals surface area contributed by atoms with Gasteiger partial charge in [0.25, 0.3) is 0 Å². The van der Waals surface area contributed by atoms with E-state index in [0.29, 0.717) is 23.5 Å². The van der Waals surface area contributed by atoms with Crippen molar-refractivity contribution in [1.29, 1.82) is 0 Å². The molecule has 0 bridgehead atoms. The van der Waals surface area contributed by atoms with E-state index in [2.05, 4.69) is 15.6 Å². The molecule has 0 aliphatic rings. The summed E-state index contributed by atoms with van der Waals surface area (Å²) in [6.07, 6.45) is 3.17. The number of urea groups is 1. The van der Waals surface area contributed by atoms with Crippen molar-refractivity contribution in [2.24, 2.45) is 0 Å². The Balaban J connectivity index is 1.94. The lowest BCUT2D eigenvalue weighted by atomic mass is 10.2. The Labute approximate surface area is 122 Å². The summed E-state index contributed by atoms with van der Waals surface area (Å²) in [5, 5.41) is 5.30. The summed E-state index contributed by atoms with van der Waals surface area (Å²) in [6, 6.07) is 9.53. The van der Waals surface area contributed by atoms with E-state index in [1.807, 2.05) is 0 Å². The maximum atomic E-state index is 11.8. The van der Waals surface area contributed by atoms with E-state index in [9.17, 15) is 9.59 Å². The van der Waals surface area contributed by atoms with Crippen molar-refractivity contribution in [3.63, 3.8) is 0 Å². The van der Waals surface area contributed by atoms with Crippen LogP contribution in [0.2, 0.25) is 0 Å². The van der Waals surface area contributed by atoms with Gasteiger partial charge in [-0.15, -0.1) is 0 Å². The van der Waals surface area contributed by atoms with Gasteiger partial charge < -0.3 is 15.4 Å². The molecular formula is C15H15N3O3. The number of nitrogens with zero attached hydrogens (tertiary/aromatic N) is 1. The lowest BCUT2D eigenvalue weighted by Gasteiger charge is -2.08. The number of hydrogen-bond acceptors (Lipinski definition) is 4. The predicted octanol–water partition coefficient (Wildman–Crippen LogP) is 2.90. The molecule has 108 valence electrons. The van der Waals surface area contributed by atoms with Crippen LogP contribution in [0.15, 0.2) is 48.8 Å². The molecule has 1 aromatic carbocycles. The van der Waals surface area contributed by atoms with Gasteiger partial charge in [-0.25, -0.2) is 9.59 Å². The summed E-state index contributed by atoms with van der Waals surface area (Å²) < 4.78 is 4.88. The van der Waals surface area contributed by atoms with Gasteiger partial charge >= 0.3 is 12.0 Å². The van der Waals surface area contributed by atoms with Crippen LogP contribution >= 0.6 is 0 Å². The number of carbonyl (C=O) groups excluding carboxylic acids is 2. The molecule has 0 saturated carbocycles. The molecule has 2 rings (SSSR count). The highest BCUT2D eigenvalue weighted by Crippen LogP contribution is 2.11. The molecule has 0 radical (unpaired) electrons. The van der Waals surface area contributed by atoms with Crippen molar-refractivity contribution in [2.75, 3.05) is 17.2 Å². The summed E-state index contributed by atoms with van der Waals surface area (Å²) >= 11 is 0. The van der Waals surface area contributed by atoms with Crippen molar-refractivity contribution in [3.8, 4) is 0 Å². The van der Waals surface area contributed by atoms with Gasteiger partial charge in [0, 0.05) is 11.9 Å². The van der Waals surface area contributed by atoms with E-state index in [1.54, 1.807) is 55.7 Å². The highest BCUT2D eigenvalue weighted by molar-refractivity contribution is 6.00. The van der Waals surface area contributed by atoms with Crippen LogP contribution in [0.4, 0.5) is 16.2 Å². The molecule has 6 nitrogen and oxygen atoms in total. The molecule has 6 heteroatoms. The Bertz CT molecular complexity index is 612. The lowest BCUT2D eigenvalue weighted by molar-refractivity contribution is 0.0526. The van der Waals surface area contributed by atoms with Gasteiger partial charge in [0.2, 0.25) is 0 Å². The minimum absolute atomic E-state index is 0.326. The average molecular weight is 285 g/mol. The van der Waals surface area contributed by atoms with Crippen molar-refractivity contribution < 1.29 is 14.3 Å². The van der Waals surface area contributed by atoms with E-state index in [4.69, 9.17) is 4.74 Å². The number of amides is 2. The molecule has 21 heavy (non-hydrogen) atoms. The zero-order chi connectivity index (χ0) is 15.1. The Morgan fingerprint density at radius 1 is 1.10 bits per heavy atom. The Morgan fingerprint density at radius 2 is 1.81 bits per heavy atom. The topological polar surface area (TPSA) is 80.3 Å². The molecule has 0 saturated heterocycles. The minimum Gasteiger partial charge on any atom is -0.462 e. The normalized spacial score (nSPS) is 9.76. The predicted molar refractivity (Wildman–Crippen MR) is 79.3 cm³/mol. The zero-order valence-corrected chi connectivity index (χ0v) is 11.5. The van der Waals surface area contributed by atoms with Crippen LogP contribution in [0.3, 0.4) is 0 Å². The fraction of sp³-hybridized carbons (Fsp3) is 0.133. The quantitative estimate of drug-likeness (QED) is 0.846. The molecule has 2 N–H and O–H groups in total. The van der Waals surface area contributed by atoms with Crippen molar-refractivity contribution in [1.82, 2.24) is 4.98 Å². The number of benzene rings is 1. The number of anilines is 2. The number of nitrogens with one attached hydrogen (secondary N) is 2. The number of rotatable bonds is 4. The van der Waals surface area contributed by atoms with Gasteiger partial charge in [-0.05, 0) is 43.3 Å². The van der Waals surface area contributed by atoms with Gasteiger partial charge in [0.05, 0.1) is 24.1 Å². The van der Waals surface area contributed by atoms with Crippen LogP contribution in [0, 0.1) is 0 Å². The van der Waals surface area contributed by atoms with Gasteiger partial charge in [0.1, 0.15) is 0 Å². The molecule has 0 fully saturated rings. The van der Waals surface area contributed by atoms with Crippen LogP contribution in [-0.4, -0.2) is 23.6 Å². The van der Waals surface area contributed by atoms with Crippen LogP contribution in [0.1, 0.15) is 17.3 Å². The SMILES string of the molecule is CCOC(=O)c1ccc(NC(=O)Nc2cccnc2)cc1. The molecule has 2 amide bonds. The second-order valence-corrected chi connectivity index (χ2v) is 4.12. The number of ether oxygens (including phenoxy) is 1. The Hall–Kier alpha value is -2.89. The number of hydrogen-bond donors (Lipinski definition) is 2. The van der Waals surface area contributed by atoms with E-state index < -0.39 is 0 Å². The third kappa shape index (κ3) is 4.31. The molecule has 1 heterocycles. The third-order valence-electron chi connectivity index (χ3n) is 2.57. The Kier molecular flexibility index (Phi) is 4.87. The summed E-state index contributed by atoms with van der Waals surface area (Å²) in [6.45, 7) is 2.07. The lowest BCUT2D eigenvalue weighted by Crippen LogP contribution is -2.19. The second-order valence-electron chi connectivity index (χ2n) is 4.12. The van der Waals surface area contributed by atoms with Crippen molar-refractivity contribution in [2.45, 2.75) is 6.92 Å². The molecule has 0 aliphatic heterocycles. The first-order chi connectivity index (χ1) is 10.2. The average Bonchev–Trinajstić information content (AvgIpc) is 2.49. The molecule has 0 spiro atoms. The van der Waals surface area contributed by atoms with Crippen LogP contribution in [0.25, 0.3) is 0 Å². The minimum atomic E-state index is -0.385. The Morgan fingerprint density at radius 3 is 2.43 bits per heavy atom. The van der Waals surface area contributed by atoms with Crippen molar-refractivity contribution >= 4 is 23.4 Å². The van der Waals surface area contributed by atoms with Gasteiger partial charge in [-0.2, -0.15) is 0 Å². The van der Waals surface area contributed by atoms with Gasteiger partial charge in [-0.3, -0.25) is 4.98 Å². The zero-order valence-electron chi connectivity index (χ0n) is 11.5. The maximum absolute atomic E-state index is 11.8. The molecule has 0 unspecified atom stereocenters. The second kappa shape index (κ2) is 7.04. The van der Waals surface area contributed by atoms with Crippen LogP contribution < -0.4 is 10.6 Å². The summed E-state index contributed by atoms with van der Waals surface area (Å²) in [7, 11) is 0. The van der Waals surface area contributed by atoms with Gasteiger partial charge in [-0.1, -0.05) is 0 Å². The first-order valence-electron chi connectivity index (χ1n) is 6.44. The highest BCUT2D eigenvalue weighted by Gasteiger charge is 2.07. The van der Waals surface area contributed by atoms with Gasteiger partial charge in [0.15, 0.2) is 0 Å². The molecular weight excluding hydrogens is 270 g/mol. The third-order valence-corrected chi connectivity index (χ3v) is 2.57. The first-order valence-corrected chi connectivity index (χ1v) is 6.44. The molecule has 0 aliphatic carbocycles. The number of esters is 1. The van der Waals surface area contributed by atoms with E-state index in [-0.39, 0.29) is 12.0 Å². The number of carbonyl (C=O) groups is 2. The fourth-order valence-electron chi connectivity index (χ4n) is 1.63. The molecule has 0 atom stereocenters. The monoisotopic (exact) mass is 285 g/mol. The number of pyridine rings is 1. The smallest absolute Gasteiger partial charge is 0.338 e. The first kappa shape index (κ1) is 14.5. The summed E-state index contributed by atoms with van der Waals surface area (Å²) in [5.41, 5.74) is 1.61. The van der Waals surface area contributed by atoms with E-state index in [0.717, 1.165) is 0 Å². The number of aromatic nitrogens is 1. The van der Waals surface area contributed by atoms with Crippen LogP contribution in [-0.2, 0) is 4.74 Å². The summed E-state index contributed by atoms with van der Waals surface area (Å²) in [4.78, 5) is 27.2. The molecule has 2 aromatic rings. The standard InChI is InChI=1S/C15H15N3O3/c1-2-21-14(19)11-5-7-12(8-6-11)17-15(20)18-13-4-3-9-16-10-13/h3-10H,2H2,1H3,(H2,17,18,20). The fourth-order valence-corrected chi connectivity index (χ4v) is 1.63. The molecule has 1 aromatic heterocycles. The van der Waals surface area contributed by atoms with E-state index in [1.165, 1.54) is 0 Å². The maximum Gasteiger partial charge on any atom is 0.338 e. The van der Waals surface area contributed by atoms with E-state index >= 15 is 0 Å². The van der Waals surface area contributed by atoms with Crippen molar-refractivity contribution in [3.05, 3.63) is 54.4 Å². The van der Waals surface area contributed by atoms with Crippen LogP contribution in [0.5, 0.6) is 0 Å². The highest BCUT2D eigenvalue weighted by atomic mass is 16.5. The summed E-state index contributed by atoms with van der Waals surface area (Å²) in [5.74, 6) is -0.385.